The van der Waals surface area contributed by atoms with Crippen LogP contribution in [0.1, 0.15) is 31.9 Å². The molecule has 5 nitrogen and oxygen atoms in total. The Morgan fingerprint density at radius 3 is 2.48 bits per heavy atom. The smallest absolute Gasteiger partial charge is 0.349 e. The van der Waals surface area contributed by atoms with Gasteiger partial charge in [-0.05, 0) is 30.5 Å². The fraction of sp³-hybridized carbons (Fsp3) is 0.174. The summed E-state index contributed by atoms with van der Waals surface area (Å²) in [5.41, 5.74) is 3.58. The number of aromatic nitrogens is 2. The van der Waals surface area contributed by atoms with Crippen molar-refractivity contribution in [2.75, 3.05) is 0 Å². The number of fused-ring (bicyclic) bond motifs is 1. The normalized spacial score (nSPS) is 11.0. The number of benzene rings is 2. The zero-order valence-corrected chi connectivity index (χ0v) is 17.0. The van der Waals surface area contributed by atoms with Gasteiger partial charge in [-0.2, -0.15) is 0 Å². The van der Waals surface area contributed by atoms with Crippen molar-refractivity contribution in [1.29, 1.82) is 0 Å². The van der Waals surface area contributed by atoms with E-state index >= 15 is 0 Å². The van der Waals surface area contributed by atoms with E-state index in [1.54, 1.807) is 17.8 Å². The topological polar surface area (TPSA) is 61.2 Å². The Hall–Kier alpha value is -3.25. The maximum Gasteiger partial charge on any atom is 0.349 e. The highest BCUT2D eigenvalue weighted by Crippen LogP contribution is 2.27. The van der Waals surface area contributed by atoms with Gasteiger partial charge < -0.3 is 4.74 Å². The Kier molecular flexibility index (Phi) is 5.27. The molecule has 0 atom stereocenters. The molecule has 0 fully saturated rings. The molecule has 0 amide bonds. The van der Waals surface area contributed by atoms with Crippen LogP contribution >= 0.6 is 11.3 Å². The van der Waals surface area contributed by atoms with Crippen LogP contribution in [0.3, 0.4) is 0 Å². The summed E-state index contributed by atoms with van der Waals surface area (Å²) < 4.78 is 7.01. The number of ether oxygens (including phenoxy) is 1. The van der Waals surface area contributed by atoms with Crippen LogP contribution in [0.4, 0.5) is 0 Å². The molecule has 146 valence electrons. The molecule has 2 aromatic heterocycles. The Morgan fingerprint density at radius 1 is 1.03 bits per heavy atom. The van der Waals surface area contributed by atoms with Gasteiger partial charge in [-0.15, -0.1) is 11.3 Å². The molecule has 29 heavy (non-hydrogen) atoms. The lowest BCUT2D eigenvalue weighted by atomic mass is 10.1. The molecule has 0 aliphatic heterocycles. The molecule has 0 bridgehead atoms. The molecule has 0 saturated carbocycles. The molecule has 0 unspecified atom stereocenters. The van der Waals surface area contributed by atoms with Gasteiger partial charge in [-0.25, -0.2) is 9.78 Å². The van der Waals surface area contributed by atoms with Gasteiger partial charge in [-0.3, -0.25) is 9.36 Å². The van der Waals surface area contributed by atoms with Crippen LogP contribution in [0.5, 0.6) is 0 Å². The van der Waals surface area contributed by atoms with Crippen molar-refractivity contribution in [2.24, 2.45) is 0 Å². The minimum atomic E-state index is -0.432. The van der Waals surface area contributed by atoms with Gasteiger partial charge in [0.1, 0.15) is 16.3 Å². The number of hydrogen-bond donors (Lipinski definition) is 0. The van der Waals surface area contributed by atoms with E-state index in [4.69, 9.17) is 4.74 Å². The van der Waals surface area contributed by atoms with Crippen molar-refractivity contribution < 1.29 is 9.53 Å². The summed E-state index contributed by atoms with van der Waals surface area (Å²) in [4.78, 5) is 31.0. The van der Waals surface area contributed by atoms with Crippen molar-refractivity contribution in [3.05, 3.63) is 98.4 Å². The lowest BCUT2D eigenvalue weighted by Gasteiger charge is -2.06. The van der Waals surface area contributed by atoms with Crippen molar-refractivity contribution in [3.63, 3.8) is 0 Å². The molecule has 0 aliphatic rings. The van der Waals surface area contributed by atoms with Crippen LogP contribution in [0.25, 0.3) is 10.2 Å². The molecular formula is C23H20N2O3S. The minimum absolute atomic E-state index is 0.147. The number of nitrogens with zero attached hydrogens (tertiary/aromatic N) is 2. The summed E-state index contributed by atoms with van der Waals surface area (Å²) in [5, 5.41) is 0.483. The van der Waals surface area contributed by atoms with Gasteiger partial charge in [-0.1, -0.05) is 60.2 Å². The van der Waals surface area contributed by atoms with Crippen molar-refractivity contribution in [3.8, 4) is 0 Å². The molecule has 0 N–H and O–H groups in total. The highest BCUT2D eigenvalue weighted by molar-refractivity contribution is 7.20. The number of hydrogen-bond acceptors (Lipinski definition) is 5. The predicted octanol–water partition coefficient (Wildman–Crippen LogP) is 4.48. The average molecular weight is 404 g/mol. The summed E-state index contributed by atoms with van der Waals surface area (Å²) >= 11 is 1.20. The third kappa shape index (κ3) is 3.98. The van der Waals surface area contributed by atoms with Gasteiger partial charge in [0.2, 0.25) is 0 Å². The minimum Gasteiger partial charge on any atom is -0.457 e. The zero-order valence-electron chi connectivity index (χ0n) is 16.2. The largest absolute Gasteiger partial charge is 0.457 e. The molecule has 0 saturated heterocycles. The lowest BCUT2D eigenvalue weighted by molar-refractivity contribution is 0.0478. The first kappa shape index (κ1) is 19.1. The van der Waals surface area contributed by atoms with E-state index in [2.05, 4.69) is 4.98 Å². The Morgan fingerprint density at radius 2 is 1.76 bits per heavy atom. The highest BCUT2D eigenvalue weighted by Gasteiger charge is 2.20. The number of rotatable bonds is 5. The summed E-state index contributed by atoms with van der Waals surface area (Å²) in [7, 11) is 0. The second kappa shape index (κ2) is 8.01. The number of carbonyl (C=O) groups is 1. The quantitative estimate of drug-likeness (QED) is 0.460. The first-order valence-electron chi connectivity index (χ1n) is 9.28. The first-order chi connectivity index (χ1) is 14.0. The molecular weight excluding hydrogens is 384 g/mol. The summed E-state index contributed by atoms with van der Waals surface area (Å²) in [6.07, 6.45) is 1.54. The standard InChI is InChI=1S/C23H20N2O3S/c1-15-8-10-17(11-9-15)12-25-14-24-21-19(22(25)26)16(2)20(29-21)23(27)28-13-18-6-4-3-5-7-18/h3-11,14H,12-13H2,1-2H3. The second-order valence-corrected chi connectivity index (χ2v) is 7.96. The van der Waals surface area contributed by atoms with Crippen LogP contribution in [0.15, 0.2) is 65.7 Å². The molecule has 0 spiro atoms. The van der Waals surface area contributed by atoms with Crippen LogP contribution in [-0.4, -0.2) is 15.5 Å². The van der Waals surface area contributed by atoms with Crippen molar-refractivity contribution in [2.45, 2.75) is 27.0 Å². The van der Waals surface area contributed by atoms with Gasteiger partial charge in [0.25, 0.3) is 5.56 Å². The third-order valence-electron chi connectivity index (χ3n) is 4.79. The maximum absolute atomic E-state index is 13.0. The molecule has 4 aromatic rings. The molecule has 4 rings (SSSR count). The number of esters is 1. The molecule has 6 heteroatoms. The van der Waals surface area contributed by atoms with Crippen LogP contribution in [0.2, 0.25) is 0 Å². The Bertz CT molecular complexity index is 1220. The first-order valence-corrected chi connectivity index (χ1v) is 10.1. The highest BCUT2D eigenvalue weighted by atomic mass is 32.1. The molecule has 2 aromatic carbocycles. The molecule has 0 radical (unpaired) electrons. The third-order valence-corrected chi connectivity index (χ3v) is 5.97. The van der Waals surface area contributed by atoms with Gasteiger partial charge >= 0.3 is 5.97 Å². The monoisotopic (exact) mass is 404 g/mol. The Labute approximate surface area is 172 Å². The van der Waals surface area contributed by atoms with Crippen molar-refractivity contribution in [1.82, 2.24) is 9.55 Å². The van der Waals surface area contributed by atoms with E-state index in [1.165, 1.54) is 16.9 Å². The fourth-order valence-electron chi connectivity index (χ4n) is 3.15. The Balaban J connectivity index is 1.61. The number of thiophene rings is 1. The zero-order chi connectivity index (χ0) is 20.4. The number of carbonyl (C=O) groups excluding carboxylic acids is 1. The van der Waals surface area contributed by atoms with Gasteiger partial charge in [0.05, 0.1) is 18.3 Å². The van der Waals surface area contributed by atoms with Crippen LogP contribution in [-0.2, 0) is 17.9 Å². The van der Waals surface area contributed by atoms with E-state index in [0.29, 0.717) is 27.2 Å². The SMILES string of the molecule is Cc1ccc(Cn2cnc3sc(C(=O)OCc4ccccc4)c(C)c3c2=O)cc1. The van der Waals surface area contributed by atoms with Crippen LogP contribution < -0.4 is 5.56 Å². The lowest BCUT2D eigenvalue weighted by Crippen LogP contribution is -2.21. The van der Waals surface area contributed by atoms with Gasteiger partial charge in [0.15, 0.2) is 0 Å². The second-order valence-electron chi connectivity index (χ2n) is 6.96. The van der Waals surface area contributed by atoms with Crippen molar-refractivity contribution >= 4 is 27.5 Å². The number of aryl methyl sites for hydroxylation is 2. The van der Waals surface area contributed by atoms with E-state index in [1.807, 2.05) is 61.5 Å². The van der Waals surface area contributed by atoms with E-state index in [0.717, 1.165) is 11.1 Å². The summed E-state index contributed by atoms with van der Waals surface area (Å²) in [6, 6.07) is 17.5. The van der Waals surface area contributed by atoms with Crippen LogP contribution in [0, 0.1) is 13.8 Å². The van der Waals surface area contributed by atoms with E-state index in [9.17, 15) is 9.59 Å². The average Bonchev–Trinajstić information content (AvgIpc) is 3.08. The molecule has 0 aliphatic carbocycles. The maximum atomic E-state index is 13.0. The predicted molar refractivity (Wildman–Crippen MR) is 114 cm³/mol. The van der Waals surface area contributed by atoms with E-state index < -0.39 is 5.97 Å². The summed E-state index contributed by atoms with van der Waals surface area (Å²) in [6.45, 7) is 4.43. The van der Waals surface area contributed by atoms with E-state index in [-0.39, 0.29) is 12.2 Å². The summed E-state index contributed by atoms with van der Waals surface area (Å²) in [5.74, 6) is -0.432. The van der Waals surface area contributed by atoms with Gasteiger partial charge in [0, 0.05) is 0 Å². The molecule has 2 heterocycles. The fourth-order valence-corrected chi connectivity index (χ4v) is 4.18.